The first kappa shape index (κ1) is 32.1. The summed E-state index contributed by atoms with van der Waals surface area (Å²) in [6.45, 7) is 8.57. The van der Waals surface area contributed by atoms with E-state index in [4.69, 9.17) is 19.9 Å². The fourth-order valence-electron chi connectivity index (χ4n) is 3.57. The van der Waals surface area contributed by atoms with E-state index < -0.39 is 34.1 Å². The van der Waals surface area contributed by atoms with Crippen LogP contribution in [0.25, 0.3) is 0 Å². The Labute approximate surface area is 216 Å². The number of unbranched alkanes of at least 4 members (excludes halogenated alkanes) is 1. The van der Waals surface area contributed by atoms with E-state index in [-0.39, 0.29) is 23.8 Å². The molecule has 10 nitrogen and oxygen atoms in total. The molecule has 4 N–H and O–H groups in total. The van der Waals surface area contributed by atoms with Crippen LogP contribution in [0.3, 0.4) is 0 Å². The first-order valence-corrected chi connectivity index (χ1v) is 14.0. The lowest BCUT2D eigenvalue weighted by molar-refractivity contribution is -0.125. The third-order valence-electron chi connectivity index (χ3n) is 5.83. The maximum atomic E-state index is 13.5. The SMILES string of the molecule is CCCCNC(=O)[C@H](C)C[C@H](O)[C@@H](N)CN(C(C)C)S(=O)(=O)c1ccc(OC)c(OCCCOC)c1. The highest BCUT2D eigenvalue weighted by molar-refractivity contribution is 7.89. The molecule has 0 bridgehead atoms. The van der Waals surface area contributed by atoms with Gasteiger partial charge in [-0.25, -0.2) is 8.42 Å². The number of methoxy groups -OCH3 is 2. The Hall–Kier alpha value is -1.92. The molecule has 0 aliphatic carbocycles. The van der Waals surface area contributed by atoms with E-state index in [1.165, 1.54) is 23.5 Å². The number of rotatable bonds is 18. The summed E-state index contributed by atoms with van der Waals surface area (Å²) in [5.41, 5.74) is 6.23. The van der Waals surface area contributed by atoms with Crippen LogP contribution in [0.5, 0.6) is 11.5 Å². The number of aliphatic hydroxyl groups is 1. The van der Waals surface area contributed by atoms with E-state index in [2.05, 4.69) is 5.32 Å². The minimum absolute atomic E-state index is 0.0316. The van der Waals surface area contributed by atoms with Gasteiger partial charge in [-0.15, -0.1) is 0 Å². The van der Waals surface area contributed by atoms with Gasteiger partial charge in [0.25, 0.3) is 0 Å². The van der Waals surface area contributed by atoms with E-state index >= 15 is 0 Å². The van der Waals surface area contributed by atoms with Crippen LogP contribution in [0.4, 0.5) is 0 Å². The summed E-state index contributed by atoms with van der Waals surface area (Å²) in [5.74, 6) is 0.122. The maximum Gasteiger partial charge on any atom is 0.243 e. The van der Waals surface area contributed by atoms with Crippen molar-refractivity contribution < 1.29 is 32.5 Å². The number of sulfonamides is 1. The summed E-state index contributed by atoms with van der Waals surface area (Å²) in [6, 6.07) is 3.13. The largest absolute Gasteiger partial charge is 0.493 e. The summed E-state index contributed by atoms with van der Waals surface area (Å²) in [5, 5.41) is 13.5. The van der Waals surface area contributed by atoms with Gasteiger partial charge in [0.05, 0.1) is 24.7 Å². The smallest absolute Gasteiger partial charge is 0.243 e. The number of nitrogens with one attached hydrogen (secondary N) is 1. The molecule has 0 saturated heterocycles. The third kappa shape index (κ3) is 9.85. The van der Waals surface area contributed by atoms with Crippen LogP contribution in [-0.4, -0.2) is 82.4 Å². The van der Waals surface area contributed by atoms with E-state index in [0.29, 0.717) is 37.7 Å². The molecule has 3 atom stereocenters. The van der Waals surface area contributed by atoms with Gasteiger partial charge in [0.15, 0.2) is 11.5 Å². The molecule has 0 aliphatic heterocycles. The number of aliphatic hydroxyl groups excluding tert-OH is 1. The van der Waals surface area contributed by atoms with E-state index in [9.17, 15) is 18.3 Å². The summed E-state index contributed by atoms with van der Waals surface area (Å²) in [7, 11) is -0.889. The zero-order chi connectivity index (χ0) is 27.3. The molecule has 1 aromatic rings. The number of nitrogens with zero attached hydrogens (tertiary/aromatic N) is 1. The quantitative estimate of drug-likeness (QED) is 0.245. The Morgan fingerprint density at radius 3 is 2.42 bits per heavy atom. The van der Waals surface area contributed by atoms with E-state index in [1.807, 2.05) is 6.92 Å². The highest BCUT2D eigenvalue weighted by atomic mass is 32.2. The number of nitrogens with two attached hydrogens (primary N) is 1. The number of carbonyl (C=O) groups excluding carboxylic acids is 1. The number of hydrogen-bond donors (Lipinski definition) is 3. The molecule has 0 saturated carbocycles. The minimum atomic E-state index is -3.97. The van der Waals surface area contributed by atoms with Crippen molar-refractivity contribution in [2.24, 2.45) is 11.7 Å². The van der Waals surface area contributed by atoms with Gasteiger partial charge in [-0.1, -0.05) is 20.3 Å². The van der Waals surface area contributed by atoms with Crippen molar-refractivity contribution in [1.29, 1.82) is 0 Å². The predicted octanol–water partition coefficient (Wildman–Crippen LogP) is 2.14. The Morgan fingerprint density at radius 1 is 1.14 bits per heavy atom. The van der Waals surface area contributed by atoms with Crippen molar-refractivity contribution in [3.05, 3.63) is 18.2 Å². The second kappa shape index (κ2) is 16.0. The topological polar surface area (TPSA) is 140 Å². The van der Waals surface area contributed by atoms with Crippen LogP contribution in [0.15, 0.2) is 23.1 Å². The zero-order valence-corrected chi connectivity index (χ0v) is 23.3. The molecule has 11 heteroatoms. The molecular weight excluding hydrogens is 486 g/mol. The summed E-state index contributed by atoms with van der Waals surface area (Å²) in [6.07, 6.45) is 1.57. The maximum absolute atomic E-state index is 13.5. The zero-order valence-electron chi connectivity index (χ0n) is 22.5. The Balaban J connectivity index is 2.98. The second-order valence-electron chi connectivity index (χ2n) is 9.19. The average Bonchev–Trinajstić information content (AvgIpc) is 2.84. The molecule has 1 rings (SSSR count). The van der Waals surface area contributed by atoms with Crippen molar-refractivity contribution in [1.82, 2.24) is 9.62 Å². The van der Waals surface area contributed by atoms with Gasteiger partial charge in [-0.2, -0.15) is 4.31 Å². The lowest BCUT2D eigenvalue weighted by Gasteiger charge is -2.31. The van der Waals surface area contributed by atoms with E-state index in [0.717, 1.165) is 12.8 Å². The van der Waals surface area contributed by atoms with Crippen molar-refractivity contribution in [2.75, 3.05) is 40.5 Å². The number of amides is 1. The average molecular weight is 532 g/mol. The summed E-state index contributed by atoms with van der Waals surface area (Å²) in [4.78, 5) is 12.3. The van der Waals surface area contributed by atoms with Crippen LogP contribution in [0.1, 0.15) is 53.4 Å². The van der Waals surface area contributed by atoms with Crippen molar-refractivity contribution in [3.63, 3.8) is 0 Å². The predicted molar refractivity (Wildman–Crippen MR) is 140 cm³/mol. The van der Waals surface area contributed by atoms with Crippen LogP contribution in [0.2, 0.25) is 0 Å². The van der Waals surface area contributed by atoms with Gasteiger partial charge in [0.2, 0.25) is 15.9 Å². The lowest BCUT2D eigenvalue weighted by Crippen LogP contribution is -2.50. The molecule has 0 aliphatic rings. The molecule has 0 spiro atoms. The van der Waals surface area contributed by atoms with Crippen molar-refractivity contribution in [3.8, 4) is 11.5 Å². The normalized spacial score (nSPS) is 14.5. The van der Waals surface area contributed by atoms with Gasteiger partial charge in [-0.3, -0.25) is 4.79 Å². The van der Waals surface area contributed by atoms with Crippen LogP contribution in [0, 0.1) is 5.92 Å². The Morgan fingerprint density at radius 2 is 1.83 bits per heavy atom. The fraction of sp³-hybridized carbons (Fsp3) is 0.720. The van der Waals surface area contributed by atoms with Gasteiger partial charge in [-0.05, 0) is 38.8 Å². The molecular formula is C25H45N3O7S. The molecule has 1 amide bonds. The first-order chi connectivity index (χ1) is 17.0. The highest BCUT2D eigenvalue weighted by Crippen LogP contribution is 2.32. The van der Waals surface area contributed by atoms with Gasteiger partial charge >= 0.3 is 0 Å². The number of ether oxygens (including phenoxy) is 3. The minimum Gasteiger partial charge on any atom is -0.493 e. The Bertz CT molecular complexity index is 896. The Kier molecular flexibility index (Phi) is 14.3. The van der Waals surface area contributed by atoms with Gasteiger partial charge in [0, 0.05) is 57.3 Å². The molecule has 0 radical (unpaired) electrons. The number of benzene rings is 1. The van der Waals surface area contributed by atoms with Gasteiger partial charge in [0.1, 0.15) is 0 Å². The van der Waals surface area contributed by atoms with Crippen molar-refractivity contribution in [2.45, 2.75) is 76.5 Å². The summed E-state index contributed by atoms with van der Waals surface area (Å²) >= 11 is 0. The standard InChI is InChI=1S/C25H45N3O7S/c1-7-8-12-27-25(30)19(4)15-22(29)21(26)17-28(18(2)3)36(31,32)20-10-11-23(34-6)24(16-20)35-14-9-13-33-5/h10-11,16,18-19,21-22,29H,7-9,12-15,17,26H2,1-6H3,(H,27,30)/t19-,21+,22+/m1/s1. The molecule has 208 valence electrons. The molecule has 0 aromatic heterocycles. The van der Waals surface area contributed by atoms with Crippen LogP contribution >= 0.6 is 0 Å². The van der Waals surface area contributed by atoms with Crippen LogP contribution < -0.4 is 20.5 Å². The molecule has 0 unspecified atom stereocenters. The number of carbonyl (C=O) groups is 1. The molecule has 0 fully saturated rings. The lowest BCUT2D eigenvalue weighted by atomic mass is 9.98. The summed E-state index contributed by atoms with van der Waals surface area (Å²) < 4.78 is 44.4. The van der Waals surface area contributed by atoms with E-state index in [1.54, 1.807) is 33.9 Å². The highest BCUT2D eigenvalue weighted by Gasteiger charge is 2.32. The first-order valence-electron chi connectivity index (χ1n) is 12.5. The van der Waals surface area contributed by atoms with Gasteiger partial charge < -0.3 is 30.4 Å². The fourth-order valence-corrected chi connectivity index (χ4v) is 5.26. The molecule has 36 heavy (non-hydrogen) atoms. The third-order valence-corrected chi connectivity index (χ3v) is 7.86. The van der Waals surface area contributed by atoms with Crippen LogP contribution in [-0.2, 0) is 19.6 Å². The molecule has 0 heterocycles. The molecule has 1 aromatic carbocycles. The number of hydrogen-bond acceptors (Lipinski definition) is 8. The van der Waals surface area contributed by atoms with Crippen molar-refractivity contribution >= 4 is 15.9 Å². The monoisotopic (exact) mass is 531 g/mol. The second-order valence-corrected chi connectivity index (χ2v) is 11.1.